The molecule has 4 aliphatic carbocycles. The number of fused-ring (bicyclic) bond motifs is 6. The van der Waals surface area contributed by atoms with Crippen LogP contribution in [-0.4, -0.2) is 38.3 Å². The van der Waals surface area contributed by atoms with Crippen molar-refractivity contribution in [2.24, 2.45) is 0 Å². The van der Waals surface area contributed by atoms with Gasteiger partial charge in [-0.15, -0.1) is 0 Å². The van der Waals surface area contributed by atoms with Gasteiger partial charge in [0, 0.05) is 73.0 Å². The van der Waals surface area contributed by atoms with Gasteiger partial charge < -0.3 is 18.1 Å². The van der Waals surface area contributed by atoms with E-state index in [2.05, 4.69) is 191 Å². The first-order chi connectivity index (χ1) is 47.0. The molecule has 1 aliphatic heterocycles. The normalized spacial score (nSPS) is 17.9. The maximum absolute atomic E-state index is 6.43. The molecular formula is C86H88BClN4O4. The topological polar surface area (TPSA) is 96.3 Å². The van der Waals surface area contributed by atoms with Crippen LogP contribution in [0.15, 0.2) is 203 Å². The lowest BCUT2D eigenvalue weighted by atomic mass is 9.78. The molecule has 10 heteroatoms. The van der Waals surface area contributed by atoms with Gasteiger partial charge in [0.15, 0.2) is 5.82 Å². The third kappa shape index (κ3) is 13.1. The number of nitrogens with zero attached hydrogens (tertiary/aromatic N) is 4. The molecule has 0 radical (unpaired) electrons. The molecule has 0 unspecified atom stereocenters. The molecule has 8 aromatic carbocycles. The summed E-state index contributed by atoms with van der Waals surface area (Å²) in [5, 5.41) is 5.05. The zero-order chi connectivity index (χ0) is 65.2. The van der Waals surface area contributed by atoms with Crippen LogP contribution in [0.25, 0.3) is 99.8 Å². The van der Waals surface area contributed by atoms with Gasteiger partial charge in [-0.1, -0.05) is 259 Å². The average molecular weight is 1290 g/mol. The Kier molecular flexibility index (Phi) is 18.7. The van der Waals surface area contributed by atoms with Crippen LogP contribution >= 0.6 is 11.6 Å². The molecule has 17 rings (SSSR count). The van der Waals surface area contributed by atoms with Gasteiger partial charge in [0.05, 0.1) is 34.0 Å². The van der Waals surface area contributed by atoms with Crippen LogP contribution in [0.4, 0.5) is 0 Å². The summed E-state index contributed by atoms with van der Waals surface area (Å²) in [4.78, 5) is 20.5. The Hall–Kier alpha value is -8.21. The van der Waals surface area contributed by atoms with E-state index in [4.69, 9.17) is 49.7 Å². The van der Waals surface area contributed by atoms with Gasteiger partial charge in [-0.2, -0.15) is 0 Å². The first kappa shape index (κ1) is 63.8. The third-order valence-corrected chi connectivity index (χ3v) is 22.2. The van der Waals surface area contributed by atoms with Crippen molar-refractivity contribution in [1.29, 1.82) is 0 Å². The standard InChI is InChI=1S/C40H38N2O.C24H23BO3.C22H27ClN2/c1-4-13-28(14-5-1)36-37(29-15-6-2-7-16-29)41-40(42-38(36)30-17-8-3-9-18-30)31-25-23-27(24-26-31)32-20-12-21-34-33-19-10-11-22-35(33)43-39(32)34;1-23(2)24(3,4)28-25(27-23)17-14-12-16(13-15-17)18-9-7-10-20-19-8-5-6-11-21(19)26-22(18)20;23-22-24-20(17-12-6-2-7-13-17)19(16-10-4-1-5-11-16)21(25-22)18-14-8-3-9-15-18/h1,4-5,10-14,19-26,29-30H,2-3,6-9,15-18H2;5-15H,1-4H3;1,4-5,10-11,17-18H,2-3,6-9,12-15H2. The number of rotatable bonds is 10. The van der Waals surface area contributed by atoms with E-state index in [-0.39, 0.29) is 18.3 Å². The van der Waals surface area contributed by atoms with Gasteiger partial charge in [-0.3, -0.25) is 0 Å². The van der Waals surface area contributed by atoms with Crippen LogP contribution in [0.5, 0.6) is 0 Å². The summed E-state index contributed by atoms with van der Waals surface area (Å²) in [6.07, 6.45) is 25.6. The molecule has 0 spiro atoms. The minimum Gasteiger partial charge on any atom is -0.455 e. The molecule has 4 saturated carbocycles. The first-order valence-electron chi connectivity index (χ1n) is 36.0. The SMILES string of the molecule is CC1(C)OB(c2ccc(-c3cccc4c3oc3ccccc34)cc2)OC1(C)C.Clc1nc(C2CCCCC2)c(-c2ccccc2)c(C2CCCCC2)n1.c1ccc(-c2c(C3CCCCC3)nc(-c3ccc(-c4cccc5c4oc4ccccc45)cc3)nc2C2CCCCC2)cc1. The van der Waals surface area contributed by atoms with E-state index in [1.807, 2.05) is 30.3 Å². The highest BCUT2D eigenvalue weighted by molar-refractivity contribution is 6.62. The van der Waals surface area contributed by atoms with Gasteiger partial charge in [-0.25, -0.2) is 19.9 Å². The second-order valence-corrected chi connectivity index (χ2v) is 29.1. The Morgan fingerprint density at radius 2 is 0.667 bits per heavy atom. The fraction of sp³-hybridized carbons (Fsp3) is 0.349. The van der Waals surface area contributed by atoms with Crippen molar-refractivity contribution in [2.75, 3.05) is 0 Å². The van der Waals surface area contributed by atoms with E-state index in [0.29, 0.717) is 29.0 Å². The van der Waals surface area contributed by atoms with Crippen LogP contribution in [0.2, 0.25) is 5.28 Å². The van der Waals surface area contributed by atoms with E-state index >= 15 is 0 Å². The Labute approximate surface area is 571 Å². The van der Waals surface area contributed by atoms with Crippen molar-refractivity contribution < 1.29 is 18.1 Å². The molecule has 0 amide bonds. The summed E-state index contributed by atoms with van der Waals surface area (Å²) < 4.78 is 24.9. The zero-order valence-corrected chi connectivity index (χ0v) is 57.1. The molecule has 12 aromatic rings. The van der Waals surface area contributed by atoms with Gasteiger partial charge >= 0.3 is 7.12 Å². The Bertz CT molecular complexity index is 4560. The monoisotopic (exact) mass is 1290 g/mol. The molecule has 0 atom stereocenters. The molecule has 8 nitrogen and oxygen atoms in total. The Balaban J connectivity index is 0.000000124. The quantitative estimate of drug-likeness (QED) is 0.0987. The molecule has 5 fully saturated rings. The number of para-hydroxylation sites is 4. The Morgan fingerprint density at radius 1 is 0.333 bits per heavy atom. The number of benzene rings is 8. The second-order valence-electron chi connectivity index (χ2n) is 28.8. The average Bonchev–Trinajstić information content (AvgIpc) is 1.32. The minimum absolute atomic E-state index is 0.337. The lowest BCUT2D eigenvalue weighted by molar-refractivity contribution is 0.00578. The van der Waals surface area contributed by atoms with Crippen molar-refractivity contribution in [3.63, 3.8) is 0 Å². The molecule has 486 valence electrons. The van der Waals surface area contributed by atoms with Crippen LogP contribution in [-0.2, 0) is 9.31 Å². The van der Waals surface area contributed by atoms with Gasteiger partial charge in [0.1, 0.15) is 22.3 Å². The van der Waals surface area contributed by atoms with E-state index in [0.717, 1.165) is 83.0 Å². The van der Waals surface area contributed by atoms with Crippen molar-refractivity contribution >= 4 is 68.1 Å². The van der Waals surface area contributed by atoms with E-state index < -0.39 is 0 Å². The molecule has 1 saturated heterocycles. The summed E-state index contributed by atoms with van der Waals surface area (Å²) in [6.45, 7) is 8.29. The van der Waals surface area contributed by atoms with Crippen LogP contribution in [0.1, 0.15) is 203 Å². The molecule has 5 aliphatic rings. The maximum atomic E-state index is 6.43. The largest absolute Gasteiger partial charge is 0.494 e. The number of halogens is 1. The smallest absolute Gasteiger partial charge is 0.455 e. The van der Waals surface area contributed by atoms with Gasteiger partial charge in [0.25, 0.3) is 0 Å². The highest BCUT2D eigenvalue weighted by atomic mass is 35.5. The third-order valence-electron chi connectivity index (χ3n) is 22.0. The van der Waals surface area contributed by atoms with Crippen molar-refractivity contribution in [1.82, 2.24) is 19.9 Å². The summed E-state index contributed by atoms with van der Waals surface area (Å²) in [5.41, 5.74) is 19.8. The van der Waals surface area contributed by atoms with Crippen LogP contribution in [0.3, 0.4) is 0 Å². The predicted octanol–water partition coefficient (Wildman–Crippen LogP) is 23.9. The first-order valence-corrected chi connectivity index (χ1v) is 36.4. The summed E-state index contributed by atoms with van der Waals surface area (Å²) in [6, 6.07) is 68.2. The molecular weight excluding hydrogens is 1200 g/mol. The molecule has 0 bridgehead atoms. The Morgan fingerprint density at radius 3 is 1.06 bits per heavy atom. The summed E-state index contributed by atoms with van der Waals surface area (Å²) >= 11 is 6.43. The lowest BCUT2D eigenvalue weighted by Gasteiger charge is -2.32. The second kappa shape index (κ2) is 28.1. The van der Waals surface area contributed by atoms with Crippen molar-refractivity contribution in [3.8, 4) is 55.9 Å². The van der Waals surface area contributed by atoms with Gasteiger partial charge in [-0.05, 0) is 131 Å². The number of furan rings is 2. The summed E-state index contributed by atoms with van der Waals surface area (Å²) in [5.74, 6) is 2.95. The fourth-order valence-electron chi connectivity index (χ4n) is 16.1. The van der Waals surface area contributed by atoms with Crippen LogP contribution in [0, 0.1) is 0 Å². The number of aromatic nitrogens is 4. The molecule has 96 heavy (non-hydrogen) atoms. The fourth-order valence-corrected chi connectivity index (χ4v) is 16.3. The van der Waals surface area contributed by atoms with Crippen LogP contribution < -0.4 is 5.46 Å². The zero-order valence-electron chi connectivity index (χ0n) is 56.3. The minimum atomic E-state index is -0.346. The van der Waals surface area contributed by atoms with E-state index in [9.17, 15) is 0 Å². The number of hydrogen-bond acceptors (Lipinski definition) is 8. The lowest BCUT2D eigenvalue weighted by Crippen LogP contribution is -2.41. The highest BCUT2D eigenvalue weighted by Crippen LogP contribution is 2.47. The molecule has 0 N–H and O–H groups in total. The van der Waals surface area contributed by atoms with E-state index in [1.54, 1.807) is 0 Å². The van der Waals surface area contributed by atoms with Crippen molar-refractivity contribution in [2.45, 2.75) is 191 Å². The van der Waals surface area contributed by atoms with E-state index in [1.165, 1.54) is 173 Å². The van der Waals surface area contributed by atoms with Gasteiger partial charge in [0.2, 0.25) is 5.28 Å². The number of hydrogen-bond donors (Lipinski definition) is 0. The maximum Gasteiger partial charge on any atom is 0.494 e. The predicted molar refractivity (Wildman–Crippen MR) is 396 cm³/mol. The highest BCUT2D eigenvalue weighted by Gasteiger charge is 2.51. The molecule has 5 heterocycles. The molecule has 4 aromatic heterocycles. The van der Waals surface area contributed by atoms with Crippen molar-refractivity contribution in [3.05, 3.63) is 222 Å². The summed E-state index contributed by atoms with van der Waals surface area (Å²) in [7, 11) is -0.346.